The molecule has 1 aliphatic heterocycles. The van der Waals surface area contributed by atoms with Crippen molar-refractivity contribution in [3.8, 4) is 0 Å². The van der Waals surface area contributed by atoms with Gasteiger partial charge in [-0.25, -0.2) is 4.98 Å². The van der Waals surface area contributed by atoms with Crippen LogP contribution in [-0.4, -0.2) is 27.8 Å². The van der Waals surface area contributed by atoms with Gasteiger partial charge in [0, 0.05) is 16.2 Å². The van der Waals surface area contributed by atoms with Crippen molar-refractivity contribution in [2.75, 3.05) is 11.9 Å². The lowest BCUT2D eigenvalue weighted by Gasteiger charge is -2.34. The fourth-order valence-electron chi connectivity index (χ4n) is 2.50. The van der Waals surface area contributed by atoms with Crippen LogP contribution in [0, 0.1) is 13.8 Å². The Balaban J connectivity index is 2.00. The van der Waals surface area contributed by atoms with Gasteiger partial charge in [-0.1, -0.05) is 22.4 Å². The van der Waals surface area contributed by atoms with Gasteiger partial charge in [-0.15, -0.1) is 11.3 Å². The van der Waals surface area contributed by atoms with Crippen molar-refractivity contribution in [2.45, 2.75) is 52.1 Å². The molecule has 0 saturated carbocycles. The van der Waals surface area contributed by atoms with E-state index >= 15 is 0 Å². The molecule has 1 aromatic heterocycles. The molecule has 1 fully saturated rings. The zero-order valence-electron chi connectivity index (χ0n) is 10.7. The summed E-state index contributed by atoms with van der Waals surface area (Å²) in [6.45, 7) is 6.58. The molecule has 0 aromatic carbocycles. The van der Waals surface area contributed by atoms with Crippen LogP contribution in [0.15, 0.2) is 0 Å². The van der Waals surface area contributed by atoms with Gasteiger partial charge in [0.15, 0.2) is 0 Å². The highest BCUT2D eigenvalue weighted by Crippen LogP contribution is 2.25. The quantitative estimate of drug-likeness (QED) is 0.783. The number of aryl methyl sites for hydroxylation is 2. The second-order valence-electron chi connectivity index (χ2n) is 4.85. The fraction of sp³-hybridized carbons (Fsp3) is 0.769. The molecule has 1 unspecified atom stereocenters. The Morgan fingerprint density at radius 3 is 2.88 bits per heavy atom. The van der Waals surface area contributed by atoms with Crippen LogP contribution in [0.4, 0.5) is 0 Å². The van der Waals surface area contributed by atoms with Gasteiger partial charge in [-0.2, -0.15) is 0 Å². The van der Waals surface area contributed by atoms with Gasteiger partial charge >= 0.3 is 0 Å². The molecule has 1 aliphatic rings. The van der Waals surface area contributed by atoms with Crippen molar-refractivity contribution in [1.29, 1.82) is 0 Å². The van der Waals surface area contributed by atoms with Gasteiger partial charge in [0.25, 0.3) is 0 Å². The molecule has 2 nitrogen and oxygen atoms in total. The average molecular weight is 317 g/mol. The van der Waals surface area contributed by atoms with Crippen molar-refractivity contribution in [3.63, 3.8) is 0 Å². The molecule has 2 heterocycles. The Labute approximate surface area is 117 Å². The normalized spacial score (nSPS) is 21.9. The zero-order valence-corrected chi connectivity index (χ0v) is 13.1. The molecule has 96 valence electrons. The molecule has 2 rings (SSSR count). The lowest BCUT2D eigenvalue weighted by molar-refractivity contribution is 0.137. The first-order valence-corrected chi connectivity index (χ1v) is 8.37. The number of halogens is 1. The van der Waals surface area contributed by atoms with Crippen molar-refractivity contribution < 1.29 is 0 Å². The maximum Gasteiger partial charge on any atom is 0.107 e. The smallest absolute Gasteiger partial charge is 0.107 e. The SMILES string of the molecule is Cc1nc(CN2CCCCC2CCBr)sc1C. The number of thiazole rings is 1. The number of aromatic nitrogens is 1. The Morgan fingerprint density at radius 2 is 2.24 bits per heavy atom. The Kier molecular flexibility index (Phi) is 5.00. The summed E-state index contributed by atoms with van der Waals surface area (Å²) in [6.07, 6.45) is 5.37. The van der Waals surface area contributed by atoms with Crippen molar-refractivity contribution in [2.24, 2.45) is 0 Å². The van der Waals surface area contributed by atoms with Crippen LogP contribution in [0.25, 0.3) is 0 Å². The Morgan fingerprint density at radius 1 is 1.41 bits per heavy atom. The summed E-state index contributed by atoms with van der Waals surface area (Å²) < 4.78 is 0. The minimum Gasteiger partial charge on any atom is -0.294 e. The molecule has 1 saturated heterocycles. The van der Waals surface area contributed by atoms with E-state index < -0.39 is 0 Å². The highest BCUT2D eigenvalue weighted by atomic mass is 79.9. The van der Waals surface area contributed by atoms with Gasteiger partial charge in [0.2, 0.25) is 0 Å². The maximum absolute atomic E-state index is 4.66. The van der Waals surface area contributed by atoms with Crippen molar-refractivity contribution in [3.05, 3.63) is 15.6 Å². The average Bonchev–Trinajstić information content (AvgIpc) is 2.61. The van der Waals surface area contributed by atoms with E-state index in [2.05, 4.69) is 39.7 Å². The fourth-order valence-corrected chi connectivity index (χ4v) is 3.99. The van der Waals surface area contributed by atoms with E-state index in [-0.39, 0.29) is 0 Å². The lowest BCUT2D eigenvalue weighted by atomic mass is 10.0. The molecule has 17 heavy (non-hydrogen) atoms. The van der Waals surface area contributed by atoms with Crippen molar-refractivity contribution in [1.82, 2.24) is 9.88 Å². The van der Waals surface area contributed by atoms with E-state index in [9.17, 15) is 0 Å². The number of hydrogen-bond acceptors (Lipinski definition) is 3. The third-order valence-corrected chi connectivity index (χ3v) is 5.12. The Bertz CT molecular complexity index is 343. The molecule has 0 aliphatic carbocycles. The van der Waals surface area contributed by atoms with Crippen LogP contribution in [0.1, 0.15) is 41.3 Å². The first-order valence-electron chi connectivity index (χ1n) is 6.43. The van der Waals surface area contributed by atoms with Gasteiger partial charge in [-0.3, -0.25) is 4.90 Å². The molecule has 4 heteroatoms. The summed E-state index contributed by atoms with van der Waals surface area (Å²) in [5.74, 6) is 0. The van der Waals surface area contributed by atoms with Crippen LogP contribution in [0.5, 0.6) is 0 Å². The van der Waals surface area contributed by atoms with E-state index in [1.165, 1.54) is 47.8 Å². The molecule has 0 bridgehead atoms. The highest BCUT2D eigenvalue weighted by molar-refractivity contribution is 9.09. The van der Waals surface area contributed by atoms with Gasteiger partial charge < -0.3 is 0 Å². The molecular weight excluding hydrogens is 296 g/mol. The molecule has 0 amide bonds. The molecule has 0 spiro atoms. The number of likely N-dealkylation sites (tertiary alicyclic amines) is 1. The standard InChI is InChI=1S/C13H21BrN2S/c1-10-11(2)17-13(15-10)9-16-8-4-3-5-12(16)6-7-14/h12H,3-9H2,1-2H3. The largest absolute Gasteiger partial charge is 0.294 e. The molecule has 0 radical (unpaired) electrons. The second kappa shape index (κ2) is 6.30. The number of hydrogen-bond donors (Lipinski definition) is 0. The van der Waals surface area contributed by atoms with Crippen LogP contribution in [-0.2, 0) is 6.54 Å². The minimum absolute atomic E-state index is 0.757. The highest BCUT2D eigenvalue weighted by Gasteiger charge is 2.22. The van der Waals surface area contributed by atoms with E-state index in [1.54, 1.807) is 0 Å². The van der Waals surface area contributed by atoms with Crippen LogP contribution >= 0.6 is 27.3 Å². The van der Waals surface area contributed by atoms with Gasteiger partial charge in [0.05, 0.1) is 12.2 Å². The molecular formula is C13H21BrN2S. The topological polar surface area (TPSA) is 16.1 Å². The number of alkyl halides is 1. The third-order valence-electron chi connectivity index (χ3n) is 3.60. The lowest BCUT2D eigenvalue weighted by Crippen LogP contribution is -2.39. The summed E-state index contributed by atoms with van der Waals surface area (Å²) in [5.41, 5.74) is 1.21. The van der Waals surface area contributed by atoms with Gasteiger partial charge in [-0.05, 0) is 39.7 Å². The summed E-state index contributed by atoms with van der Waals surface area (Å²) in [5, 5.41) is 2.41. The third kappa shape index (κ3) is 3.52. The van der Waals surface area contributed by atoms with Crippen molar-refractivity contribution >= 4 is 27.3 Å². The Hall–Kier alpha value is 0.0700. The molecule has 0 N–H and O–H groups in total. The second-order valence-corrected chi connectivity index (χ2v) is 6.93. The van der Waals surface area contributed by atoms with Crippen LogP contribution in [0.2, 0.25) is 0 Å². The minimum atomic E-state index is 0.757. The summed E-state index contributed by atoms with van der Waals surface area (Å²) >= 11 is 5.44. The molecule has 1 aromatic rings. The number of piperidine rings is 1. The first-order chi connectivity index (χ1) is 8.20. The summed E-state index contributed by atoms with van der Waals surface area (Å²) in [6, 6.07) is 0.757. The van der Waals surface area contributed by atoms with E-state index in [1.807, 2.05) is 11.3 Å². The number of nitrogens with zero attached hydrogens (tertiary/aromatic N) is 2. The van der Waals surface area contributed by atoms with Crippen LogP contribution in [0.3, 0.4) is 0 Å². The van der Waals surface area contributed by atoms with E-state index in [4.69, 9.17) is 0 Å². The van der Waals surface area contributed by atoms with Gasteiger partial charge in [0.1, 0.15) is 5.01 Å². The zero-order chi connectivity index (χ0) is 12.3. The first kappa shape index (κ1) is 13.5. The van der Waals surface area contributed by atoms with E-state index in [0.717, 1.165) is 17.9 Å². The predicted octanol–water partition coefficient (Wildman–Crippen LogP) is 3.90. The summed E-state index contributed by atoms with van der Waals surface area (Å²) in [4.78, 5) is 8.66. The number of rotatable bonds is 4. The molecule has 1 atom stereocenters. The summed E-state index contributed by atoms with van der Waals surface area (Å²) in [7, 11) is 0. The monoisotopic (exact) mass is 316 g/mol. The predicted molar refractivity (Wildman–Crippen MR) is 78.0 cm³/mol. The maximum atomic E-state index is 4.66. The van der Waals surface area contributed by atoms with E-state index in [0.29, 0.717) is 0 Å². The van der Waals surface area contributed by atoms with Crippen LogP contribution < -0.4 is 0 Å².